The van der Waals surface area contributed by atoms with Gasteiger partial charge in [0.15, 0.2) is 0 Å². The minimum Gasteiger partial charge on any atom is -0.304 e. The molecule has 0 heterocycles. The molecule has 0 fully saturated rings. The van der Waals surface area contributed by atoms with E-state index in [0.29, 0.717) is 5.56 Å². The van der Waals surface area contributed by atoms with Crippen molar-refractivity contribution < 1.29 is 13.6 Å². The van der Waals surface area contributed by atoms with Crippen LogP contribution in [0.2, 0.25) is 0 Å². The van der Waals surface area contributed by atoms with Crippen LogP contribution in [-0.4, -0.2) is 6.61 Å². The Labute approximate surface area is 88.0 Å². The maximum Gasteiger partial charge on any atom is 0.127 e. The van der Waals surface area contributed by atoms with Gasteiger partial charge in [-0.2, -0.15) is 0 Å². The molecule has 15 heavy (non-hydrogen) atoms. The van der Waals surface area contributed by atoms with Gasteiger partial charge in [-0.25, -0.2) is 14.7 Å². The second-order valence-electron chi connectivity index (χ2n) is 4.28. The zero-order valence-electron chi connectivity index (χ0n) is 9.10. The van der Waals surface area contributed by atoms with Gasteiger partial charge in [0.1, 0.15) is 11.6 Å². The fourth-order valence-corrected chi connectivity index (χ4v) is 1.45. The number of rotatable bonds is 3. The molecule has 84 valence electrons. The average Bonchev–Trinajstić information content (AvgIpc) is 2.11. The smallest absolute Gasteiger partial charge is 0.127 e. The molecule has 0 bridgehead atoms. The highest BCUT2D eigenvalue weighted by Crippen LogP contribution is 2.27. The molecule has 4 heteroatoms. The molecule has 1 rings (SSSR count). The maximum atomic E-state index is 13.6. The fraction of sp³-hybridized carbons (Fsp3) is 0.455. The summed E-state index contributed by atoms with van der Waals surface area (Å²) in [4.78, 5) is 4.50. The zero-order valence-corrected chi connectivity index (χ0v) is 9.10. The number of halogens is 2. The van der Waals surface area contributed by atoms with E-state index in [0.717, 1.165) is 0 Å². The summed E-state index contributed by atoms with van der Waals surface area (Å²) in [6.07, 6.45) is 0. The third-order valence-corrected chi connectivity index (χ3v) is 2.42. The van der Waals surface area contributed by atoms with Gasteiger partial charge >= 0.3 is 0 Å². The molecule has 2 nitrogen and oxygen atoms in total. The second kappa shape index (κ2) is 4.24. The predicted octanol–water partition coefficient (Wildman–Crippen LogP) is 2.44. The van der Waals surface area contributed by atoms with Gasteiger partial charge in [-0.3, -0.25) is 0 Å². The topological polar surface area (TPSA) is 35.2 Å². The summed E-state index contributed by atoms with van der Waals surface area (Å²) in [5, 5.41) is 0. The third kappa shape index (κ3) is 2.52. The summed E-state index contributed by atoms with van der Waals surface area (Å²) in [5.41, 5.74) is -0.0790. The van der Waals surface area contributed by atoms with E-state index in [1.807, 2.05) is 0 Å². The third-order valence-electron chi connectivity index (χ3n) is 2.42. The highest BCUT2D eigenvalue weighted by atomic mass is 19.1. The van der Waals surface area contributed by atoms with Crippen molar-refractivity contribution in [3.8, 4) is 0 Å². The van der Waals surface area contributed by atoms with Crippen molar-refractivity contribution in [2.45, 2.75) is 26.2 Å². The van der Waals surface area contributed by atoms with Crippen molar-refractivity contribution in [3.63, 3.8) is 0 Å². The first-order valence-corrected chi connectivity index (χ1v) is 4.66. The van der Waals surface area contributed by atoms with Crippen LogP contribution in [0.15, 0.2) is 12.1 Å². The molecule has 0 amide bonds. The fourth-order valence-electron chi connectivity index (χ4n) is 1.45. The quantitative estimate of drug-likeness (QED) is 0.786. The Morgan fingerprint density at radius 2 is 1.87 bits per heavy atom. The molecule has 0 radical (unpaired) electrons. The van der Waals surface area contributed by atoms with Crippen LogP contribution in [-0.2, 0) is 10.3 Å². The first-order valence-electron chi connectivity index (χ1n) is 4.66. The molecular formula is C11H15F2NO. The largest absolute Gasteiger partial charge is 0.304 e. The zero-order chi connectivity index (χ0) is 11.6. The Morgan fingerprint density at radius 1 is 1.27 bits per heavy atom. The average molecular weight is 215 g/mol. The van der Waals surface area contributed by atoms with Gasteiger partial charge < -0.3 is 4.84 Å². The molecule has 0 saturated heterocycles. The van der Waals surface area contributed by atoms with E-state index >= 15 is 0 Å². The van der Waals surface area contributed by atoms with E-state index in [4.69, 9.17) is 5.90 Å². The van der Waals surface area contributed by atoms with Crippen molar-refractivity contribution in [1.82, 2.24) is 0 Å². The van der Waals surface area contributed by atoms with Gasteiger partial charge in [-0.05, 0) is 30.2 Å². The summed E-state index contributed by atoms with van der Waals surface area (Å²) >= 11 is 0. The van der Waals surface area contributed by atoms with Crippen LogP contribution in [0.1, 0.15) is 25.0 Å². The van der Waals surface area contributed by atoms with Crippen molar-refractivity contribution in [2.75, 3.05) is 6.61 Å². The van der Waals surface area contributed by atoms with Crippen LogP contribution < -0.4 is 5.90 Å². The lowest BCUT2D eigenvalue weighted by Crippen LogP contribution is -2.27. The van der Waals surface area contributed by atoms with Gasteiger partial charge in [-0.1, -0.05) is 13.8 Å². The summed E-state index contributed by atoms with van der Waals surface area (Å²) < 4.78 is 26.9. The van der Waals surface area contributed by atoms with Gasteiger partial charge in [0.2, 0.25) is 0 Å². The number of hydrogen-bond donors (Lipinski definition) is 1. The number of hydrogen-bond acceptors (Lipinski definition) is 2. The highest BCUT2D eigenvalue weighted by molar-refractivity contribution is 5.30. The lowest BCUT2D eigenvalue weighted by molar-refractivity contribution is 0.0949. The summed E-state index contributed by atoms with van der Waals surface area (Å²) in [5.74, 6) is 4.10. The van der Waals surface area contributed by atoms with Crippen molar-refractivity contribution in [1.29, 1.82) is 0 Å². The standard InChI is InChI=1S/C11H15F2NO/c1-7-4-10(13)8(5-9(7)12)11(2,3)6-15-14/h4-5H,6,14H2,1-3H3. The summed E-state index contributed by atoms with van der Waals surface area (Å²) in [7, 11) is 0. The van der Waals surface area contributed by atoms with Crippen LogP contribution in [0, 0.1) is 18.6 Å². The van der Waals surface area contributed by atoms with E-state index in [1.54, 1.807) is 13.8 Å². The lowest BCUT2D eigenvalue weighted by atomic mass is 9.84. The molecule has 0 aromatic heterocycles. The van der Waals surface area contributed by atoms with Crippen LogP contribution >= 0.6 is 0 Å². The van der Waals surface area contributed by atoms with E-state index in [-0.39, 0.29) is 12.2 Å². The van der Waals surface area contributed by atoms with Crippen molar-refractivity contribution in [2.24, 2.45) is 5.90 Å². The number of aryl methyl sites for hydroxylation is 1. The van der Waals surface area contributed by atoms with E-state index in [9.17, 15) is 8.78 Å². The molecule has 0 aliphatic heterocycles. The second-order valence-corrected chi connectivity index (χ2v) is 4.28. The van der Waals surface area contributed by atoms with Crippen LogP contribution in [0.25, 0.3) is 0 Å². The molecule has 0 atom stereocenters. The lowest BCUT2D eigenvalue weighted by Gasteiger charge is -2.24. The van der Waals surface area contributed by atoms with Gasteiger partial charge in [0.25, 0.3) is 0 Å². The molecule has 0 aliphatic rings. The Kier molecular flexibility index (Phi) is 3.42. The first kappa shape index (κ1) is 12.1. The number of benzene rings is 1. The van der Waals surface area contributed by atoms with E-state index in [1.165, 1.54) is 19.1 Å². The Bertz CT molecular complexity index is 364. The Balaban J connectivity index is 3.19. The van der Waals surface area contributed by atoms with Crippen LogP contribution in [0.4, 0.5) is 8.78 Å². The minimum absolute atomic E-state index is 0.131. The van der Waals surface area contributed by atoms with Crippen molar-refractivity contribution in [3.05, 3.63) is 34.9 Å². The maximum absolute atomic E-state index is 13.6. The molecule has 0 unspecified atom stereocenters. The molecule has 1 aromatic carbocycles. The predicted molar refractivity (Wildman–Crippen MR) is 54.3 cm³/mol. The normalized spacial score (nSPS) is 11.9. The van der Waals surface area contributed by atoms with E-state index < -0.39 is 17.0 Å². The van der Waals surface area contributed by atoms with Crippen LogP contribution in [0.3, 0.4) is 0 Å². The molecule has 1 aromatic rings. The van der Waals surface area contributed by atoms with Crippen LogP contribution in [0.5, 0.6) is 0 Å². The minimum atomic E-state index is -0.645. The monoisotopic (exact) mass is 215 g/mol. The SMILES string of the molecule is Cc1cc(F)c(C(C)(C)CON)cc1F. The highest BCUT2D eigenvalue weighted by Gasteiger charge is 2.25. The molecule has 0 saturated carbocycles. The molecule has 2 N–H and O–H groups in total. The summed E-state index contributed by atoms with van der Waals surface area (Å²) in [6.45, 7) is 5.14. The molecule has 0 spiro atoms. The van der Waals surface area contributed by atoms with Gasteiger partial charge in [-0.15, -0.1) is 0 Å². The molecular weight excluding hydrogens is 200 g/mol. The van der Waals surface area contributed by atoms with Gasteiger partial charge in [0.05, 0.1) is 6.61 Å². The Hall–Kier alpha value is -1.00. The molecule has 0 aliphatic carbocycles. The van der Waals surface area contributed by atoms with E-state index in [2.05, 4.69) is 4.84 Å². The first-order chi connectivity index (χ1) is 6.88. The Morgan fingerprint density at radius 3 is 2.40 bits per heavy atom. The number of nitrogens with two attached hydrogens (primary N) is 1. The summed E-state index contributed by atoms with van der Waals surface area (Å²) in [6, 6.07) is 2.38. The van der Waals surface area contributed by atoms with Crippen molar-refractivity contribution >= 4 is 0 Å². The van der Waals surface area contributed by atoms with Gasteiger partial charge in [0, 0.05) is 5.41 Å².